The van der Waals surface area contributed by atoms with Crippen molar-refractivity contribution in [2.24, 2.45) is 10.1 Å². The Morgan fingerprint density at radius 3 is 2.50 bits per heavy atom. The van der Waals surface area contributed by atoms with Crippen LogP contribution in [0.15, 0.2) is 101 Å². The van der Waals surface area contributed by atoms with Crippen molar-refractivity contribution in [1.82, 2.24) is 15.2 Å². The van der Waals surface area contributed by atoms with Crippen molar-refractivity contribution in [2.45, 2.75) is 13.1 Å². The Balaban J connectivity index is 1.41. The van der Waals surface area contributed by atoms with E-state index in [1.807, 2.05) is 98.1 Å². The number of benzodiazepines with no additional fused rings is 1. The van der Waals surface area contributed by atoms with Crippen molar-refractivity contribution in [1.29, 1.82) is 0 Å². The molecule has 1 unspecified atom stereocenters. The van der Waals surface area contributed by atoms with Crippen LogP contribution in [0.4, 0.5) is 17.3 Å². The van der Waals surface area contributed by atoms with Gasteiger partial charge in [-0.3, -0.25) is 9.89 Å². The Bertz CT molecular complexity index is 1440. The summed E-state index contributed by atoms with van der Waals surface area (Å²) >= 11 is 0. The number of hydrogen-bond acceptors (Lipinski definition) is 7. The van der Waals surface area contributed by atoms with E-state index >= 15 is 0 Å². The van der Waals surface area contributed by atoms with E-state index in [-0.39, 0.29) is 11.9 Å². The number of H-pyrrole nitrogens is 1. The van der Waals surface area contributed by atoms with Gasteiger partial charge in [0.15, 0.2) is 5.82 Å². The van der Waals surface area contributed by atoms with Crippen LogP contribution in [0, 0.1) is 0 Å². The second-order valence-electron chi connectivity index (χ2n) is 7.95. The fourth-order valence-corrected chi connectivity index (χ4v) is 3.89. The number of allylic oxidation sites excluding steroid dienone is 1. The lowest BCUT2D eigenvalue weighted by molar-refractivity contribution is -0.116. The van der Waals surface area contributed by atoms with Crippen LogP contribution in [0.5, 0.6) is 0 Å². The maximum absolute atomic E-state index is 13.0. The number of hydrogen-bond donors (Lipinski definition) is 3. The minimum Gasteiger partial charge on any atom is -0.323 e. The summed E-state index contributed by atoms with van der Waals surface area (Å²) in [5.41, 5.74) is 4.85. The number of aromatic nitrogens is 3. The van der Waals surface area contributed by atoms with Crippen LogP contribution < -0.4 is 15.6 Å². The molecule has 2 heterocycles. The molecule has 0 aliphatic carbocycles. The van der Waals surface area contributed by atoms with E-state index in [0.717, 1.165) is 22.4 Å². The average molecular weight is 477 g/mol. The molecule has 1 aliphatic rings. The number of carbonyl (C=O) groups is 1. The molecule has 3 aromatic carbocycles. The Morgan fingerprint density at radius 2 is 1.75 bits per heavy atom. The number of nitrogens with zero attached hydrogens (tertiary/aromatic N) is 5. The van der Waals surface area contributed by atoms with E-state index in [2.05, 4.69) is 37.6 Å². The second-order valence-corrected chi connectivity index (χ2v) is 7.95. The van der Waals surface area contributed by atoms with Gasteiger partial charge in [0.05, 0.1) is 17.1 Å². The number of rotatable bonds is 7. The lowest BCUT2D eigenvalue weighted by Crippen LogP contribution is -2.33. The van der Waals surface area contributed by atoms with Gasteiger partial charge < -0.3 is 10.6 Å². The molecule has 1 aliphatic heterocycles. The summed E-state index contributed by atoms with van der Waals surface area (Å²) in [5, 5.41) is 18.8. The van der Waals surface area contributed by atoms with Crippen LogP contribution in [0.3, 0.4) is 0 Å². The molecule has 0 saturated heterocycles. The van der Waals surface area contributed by atoms with Gasteiger partial charge in [0.25, 0.3) is 5.91 Å². The van der Waals surface area contributed by atoms with Crippen LogP contribution in [-0.4, -0.2) is 39.7 Å². The molecule has 4 aromatic rings. The van der Waals surface area contributed by atoms with Crippen molar-refractivity contribution in [3.05, 3.63) is 102 Å². The third kappa shape index (κ3) is 4.62. The fourth-order valence-electron chi connectivity index (χ4n) is 3.89. The number of para-hydroxylation sites is 1. The predicted molar refractivity (Wildman–Crippen MR) is 143 cm³/mol. The number of benzene rings is 3. The van der Waals surface area contributed by atoms with Gasteiger partial charge in [-0.05, 0) is 37.3 Å². The third-order valence-electron chi connectivity index (χ3n) is 5.59. The number of amides is 1. The monoisotopic (exact) mass is 476 g/mol. The highest BCUT2D eigenvalue weighted by Gasteiger charge is 2.26. The van der Waals surface area contributed by atoms with Gasteiger partial charge in [0.1, 0.15) is 0 Å². The van der Waals surface area contributed by atoms with Gasteiger partial charge in [0.2, 0.25) is 12.1 Å². The number of carbonyl (C=O) groups excluding carboxylic acids is 1. The fraction of sp³-hybridized carbons (Fsp3) is 0.0741. The quantitative estimate of drug-likeness (QED) is 0.266. The van der Waals surface area contributed by atoms with E-state index in [4.69, 9.17) is 4.99 Å². The third-order valence-corrected chi connectivity index (χ3v) is 5.59. The SMILES string of the molecule is C=NN(/C=C\C)c1ccc(-c2nc(NC3N=C(c4ccccc4)c4ccccc4NC3=O)n[nH]2)cc1. The zero-order valence-corrected chi connectivity index (χ0v) is 19.6. The second kappa shape index (κ2) is 10.1. The van der Waals surface area contributed by atoms with Gasteiger partial charge in [-0.15, -0.1) is 5.10 Å². The molecular weight excluding hydrogens is 452 g/mol. The van der Waals surface area contributed by atoms with Crippen molar-refractivity contribution in [2.75, 3.05) is 15.6 Å². The summed E-state index contributed by atoms with van der Waals surface area (Å²) in [6.45, 7) is 5.50. The van der Waals surface area contributed by atoms with E-state index in [1.165, 1.54) is 0 Å². The molecule has 9 heteroatoms. The number of fused-ring (bicyclic) bond motifs is 1. The van der Waals surface area contributed by atoms with Crippen molar-refractivity contribution in [3.8, 4) is 11.4 Å². The lowest BCUT2D eigenvalue weighted by atomic mass is 10.0. The Hall–Kier alpha value is -5.05. The molecule has 1 atom stereocenters. The zero-order chi connectivity index (χ0) is 24.9. The molecule has 1 aromatic heterocycles. The molecule has 0 spiro atoms. The van der Waals surface area contributed by atoms with E-state index < -0.39 is 6.17 Å². The molecular formula is C27H24N8O. The molecule has 178 valence electrons. The van der Waals surface area contributed by atoms with E-state index in [1.54, 1.807) is 5.01 Å². The minimum absolute atomic E-state index is 0.264. The van der Waals surface area contributed by atoms with Gasteiger partial charge in [-0.2, -0.15) is 10.1 Å². The molecule has 5 rings (SSSR count). The molecule has 0 fully saturated rings. The van der Waals surface area contributed by atoms with Crippen LogP contribution >= 0.6 is 0 Å². The summed E-state index contributed by atoms with van der Waals surface area (Å²) < 4.78 is 0. The lowest BCUT2D eigenvalue weighted by Gasteiger charge is -2.13. The smallest absolute Gasteiger partial charge is 0.269 e. The molecule has 9 nitrogen and oxygen atoms in total. The Labute approximate surface area is 208 Å². The summed E-state index contributed by atoms with van der Waals surface area (Å²) in [6, 6.07) is 25.0. The van der Waals surface area contributed by atoms with Crippen LogP contribution in [0.25, 0.3) is 11.4 Å². The molecule has 1 amide bonds. The number of hydrazone groups is 1. The summed E-state index contributed by atoms with van der Waals surface area (Å²) in [7, 11) is 0. The predicted octanol–water partition coefficient (Wildman–Crippen LogP) is 4.66. The Kier molecular flexibility index (Phi) is 6.35. The maximum Gasteiger partial charge on any atom is 0.269 e. The van der Waals surface area contributed by atoms with Crippen LogP contribution in [0.2, 0.25) is 0 Å². The minimum atomic E-state index is -0.924. The summed E-state index contributed by atoms with van der Waals surface area (Å²) in [6.07, 6.45) is 2.77. The van der Waals surface area contributed by atoms with Gasteiger partial charge in [-0.1, -0.05) is 54.6 Å². The highest BCUT2D eigenvalue weighted by atomic mass is 16.2. The van der Waals surface area contributed by atoms with Gasteiger partial charge >= 0.3 is 0 Å². The highest BCUT2D eigenvalue weighted by Crippen LogP contribution is 2.25. The first kappa shape index (κ1) is 22.7. The van der Waals surface area contributed by atoms with Crippen LogP contribution in [0.1, 0.15) is 18.1 Å². The standard InChI is InChI=1S/C27H24N8O/c1-3-17-35(28-2)20-15-13-19(14-16-20)24-31-27(34-33-24)32-25-26(36)29-22-12-8-7-11-21(22)23(30-25)18-9-5-4-6-10-18/h3-17,25H,2H2,1H3,(H,29,36)(H2,31,32,33,34)/b17-3-. The number of nitrogens with one attached hydrogen (secondary N) is 3. The summed E-state index contributed by atoms with van der Waals surface area (Å²) in [5.74, 6) is 0.516. The number of anilines is 3. The van der Waals surface area contributed by atoms with Crippen LogP contribution in [-0.2, 0) is 4.79 Å². The molecule has 3 N–H and O–H groups in total. The highest BCUT2D eigenvalue weighted by molar-refractivity contribution is 6.19. The van der Waals surface area contributed by atoms with Gasteiger partial charge in [0, 0.05) is 29.6 Å². The molecule has 0 bridgehead atoms. The van der Waals surface area contributed by atoms with Crippen molar-refractivity contribution >= 4 is 35.7 Å². The first-order valence-corrected chi connectivity index (χ1v) is 11.4. The topological polar surface area (TPSA) is 111 Å². The van der Waals surface area contributed by atoms with E-state index in [9.17, 15) is 4.79 Å². The van der Waals surface area contributed by atoms with Crippen molar-refractivity contribution in [3.63, 3.8) is 0 Å². The normalized spacial score (nSPS) is 15.0. The number of aliphatic imine (C=N–C) groups is 1. The maximum atomic E-state index is 13.0. The first-order valence-electron chi connectivity index (χ1n) is 11.4. The summed E-state index contributed by atoms with van der Waals surface area (Å²) in [4.78, 5) is 22.3. The zero-order valence-electron chi connectivity index (χ0n) is 19.6. The molecule has 0 saturated carbocycles. The average Bonchev–Trinajstić information content (AvgIpc) is 3.34. The molecule has 36 heavy (non-hydrogen) atoms. The number of aromatic amines is 1. The largest absolute Gasteiger partial charge is 0.323 e. The van der Waals surface area contributed by atoms with Gasteiger partial charge in [-0.25, -0.2) is 10.0 Å². The molecule has 0 radical (unpaired) electrons. The van der Waals surface area contributed by atoms with E-state index in [0.29, 0.717) is 17.2 Å². The van der Waals surface area contributed by atoms with Crippen molar-refractivity contribution < 1.29 is 4.79 Å². The Morgan fingerprint density at radius 1 is 1.00 bits per heavy atom. The first-order chi connectivity index (χ1) is 17.7.